The topological polar surface area (TPSA) is 66.8 Å². The number of alkyl halides is 3. The first kappa shape index (κ1) is 23.1. The van der Waals surface area contributed by atoms with Crippen molar-refractivity contribution in [1.82, 2.24) is 0 Å². The standard InChI is InChI=1S/C20H13ClF3NO4S2/c21-15-5-4-12(10-14(15)20(22,23)24)25-18(28)16(31-19(25)30)9-11-2-1-3-13(8-11)29-7-6-17(26)27/h1-5,8-10H,6-7H2,(H,26,27)/b16-9+. The number of carboxylic acids is 1. The number of rotatable bonds is 6. The molecule has 0 atom stereocenters. The quantitative estimate of drug-likeness (QED) is 0.421. The van der Waals surface area contributed by atoms with Crippen LogP contribution < -0.4 is 9.64 Å². The number of carbonyl (C=O) groups excluding carboxylic acids is 1. The van der Waals surface area contributed by atoms with E-state index >= 15 is 0 Å². The number of halogens is 4. The number of carboxylic acid groups (broad SMARTS) is 1. The Bertz CT molecular complexity index is 1090. The smallest absolute Gasteiger partial charge is 0.417 e. The fourth-order valence-electron chi connectivity index (χ4n) is 2.66. The molecule has 0 aliphatic carbocycles. The minimum Gasteiger partial charge on any atom is -0.493 e. The molecule has 1 fully saturated rings. The second kappa shape index (κ2) is 9.29. The number of hydrogen-bond acceptors (Lipinski definition) is 5. The number of thioether (sulfide) groups is 1. The van der Waals surface area contributed by atoms with Crippen LogP contribution in [0.3, 0.4) is 0 Å². The maximum atomic E-state index is 13.2. The SMILES string of the molecule is O=C(O)CCOc1cccc(/C=C2/SC(=S)N(c3ccc(Cl)c(C(F)(F)F)c3)C2=O)c1. The van der Waals surface area contributed by atoms with Crippen LogP contribution in [0, 0.1) is 0 Å². The third kappa shape index (κ3) is 5.57. The van der Waals surface area contributed by atoms with Crippen LogP contribution in [0.4, 0.5) is 18.9 Å². The lowest BCUT2D eigenvalue weighted by Gasteiger charge is -2.17. The number of anilines is 1. The Labute approximate surface area is 189 Å². The Morgan fingerprint density at radius 3 is 2.68 bits per heavy atom. The van der Waals surface area contributed by atoms with Gasteiger partial charge < -0.3 is 9.84 Å². The zero-order valence-corrected chi connectivity index (χ0v) is 17.9. The second-order valence-corrected chi connectivity index (χ2v) is 8.33. The van der Waals surface area contributed by atoms with E-state index in [0.29, 0.717) is 11.3 Å². The van der Waals surface area contributed by atoms with Crippen LogP contribution in [0.1, 0.15) is 17.5 Å². The van der Waals surface area contributed by atoms with Crippen molar-refractivity contribution in [1.29, 1.82) is 0 Å². The largest absolute Gasteiger partial charge is 0.493 e. The van der Waals surface area contributed by atoms with Crippen molar-refractivity contribution in [2.24, 2.45) is 0 Å². The predicted molar refractivity (Wildman–Crippen MR) is 116 cm³/mol. The third-order valence-electron chi connectivity index (χ3n) is 4.05. The van der Waals surface area contributed by atoms with Gasteiger partial charge in [0, 0.05) is 0 Å². The molecule has 3 rings (SSSR count). The molecule has 5 nitrogen and oxygen atoms in total. The molecule has 31 heavy (non-hydrogen) atoms. The molecule has 1 aliphatic heterocycles. The highest BCUT2D eigenvalue weighted by molar-refractivity contribution is 8.27. The van der Waals surface area contributed by atoms with Crippen LogP contribution in [0.25, 0.3) is 6.08 Å². The van der Waals surface area contributed by atoms with Crippen LogP contribution in [0.5, 0.6) is 5.75 Å². The summed E-state index contributed by atoms with van der Waals surface area (Å²) in [5.74, 6) is -1.14. The zero-order chi connectivity index (χ0) is 22.8. The maximum Gasteiger partial charge on any atom is 0.417 e. The highest BCUT2D eigenvalue weighted by Gasteiger charge is 2.37. The fraction of sp³-hybridized carbons (Fsp3) is 0.150. The number of ether oxygens (including phenoxy) is 1. The highest BCUT2D eigenvalue weighted by atomic mass is 35.5. The Morgan fingerprint density at radius 2 is 2.00 bits per heavy atom. The van der Waals surface area contributed by atoms with E-state index in [4.69, 9.17) is 33.7 Å². The van der Waals surface area contributed by atoms with E-state index in [-0.39, 0.29) is 27.9 Å². The van der Waals surface area contributed by atoms with Crippen LogP contribution in [0.15, 0.2) is 47.4 Å². The highest BCUT2D eigenvalue weighted by Crippen LogP contribution is 2.41. The number of amides is 1. The first-order valence-corrected chi connectivity index (χ1v) is 10.3. The molecule has 0 bridgehead atoms. The van der Waals surface area contributed by atoms with E-state index < -0.39 is 28.6 Å². The summed E-state index contributed by atoms with van der Waals surface area (Å²) in [5.41, 5.74) is -0.510. The summed E-state index contributed by atoms with van der Waals surface area (Å²) in [7, 11) is 0. The summed E-state index contributed by atoms with van der Waals surface area (Å²) in [5, 5.41) is 8.19. The van der Waals surface area contributed by atoms with Crippen molar-refractivity contribution in [3.8, 4) is 5.75 Å². The molecule has 0 unspecified atom stereocenters. The van der Waals surface area contributed by atoms with Crippen molar-refractivity contribution in [3.63, 3.8) is 0 Å². The summed E-state index contributed by atoms with van der Waals surface area (Å²) < 4.78 is 44.9. The van der Waals surface area contributed by atoms with Gasteiger partial charge in [-0.2, -0.15) is 13.2 Å². The summed E-state index contributed by atoms with van der Waals surface area (Å²) in [4.78, 5) is 24.7. The molecule has 0 radical (unpaired) electrons. The lowest BCUT2D eigenvalue weighted by Crippen LogP contribution is -2.27. The molecular weight excluding hydrogens is 475 g/mol. The van der Waals surface area contributed by atoms with Gasteiger partial charge in [-0.05, 0) is 42.0 Å². The number of aliphatic carboxylic acids is 1. The minimum absolute atomic E-state index is 0.0149. The molecule has 1 N–H and O–H groups in total. The average Bonchev–Trinajstić information content (AvgIpc) is 2.95. The predicted octanol–water partition coefficient (Wildman–Crippen LogP) is 5.62. The molecule has 162 valence electrons. The maximum absolute atomic E-state index is 13.2. The van der Waals surface area contributed by atoms with Gasteiger partial charge in [-0.3, -0.25) is 14.5 Å². The van der Waals surface area contributed by atoms with Gasteiger partial charge in [0.1, 0.15) is 5.75 Å². The van der Waals surface area contributed by atoms with Crippen molar-refractivity contribution >= 4 is 63.5 Å². The van der Waals surface area contributed by atoms with Crippen molar-refractivity contribution in [2.75, 3.05) is 11.5 Å². The second-order valence-electron chi connectivity index (χ2n) is 6.24. The lowest BCUT2D eigenvalue weighted by atomic mass is 10.1. The Morgan fingerprint density at radius 1 is 1.26 bits per heavy atom. The van der Waals surface area contributed by atoms with E-state index in [1.807, 2.05) is 0 Å². The Balaban J connectivity index is 1.84. The van der Waals surface area contributed by atoms with E-state index in [2.05, 4.69) is 0 Å². The molecule has 1 aliphatic rings. The minimum atomic E-state index is -4.68. The number of thiocarbonyl (C=S) groups is 1. The number of hydrogen-bond donors (Lipinski definition) is 1. The third-order valence-corrected chi connectivity index (χ3v) is 5.68. The summed E-state index contributed by atoms with van der Waals surface area (Å²) in [6, 6.07) is 9.75. The first-order valence-electron chi connectivity index (χ1n) is 8.65. The van der Waals surface area contributed by atoms with E-state index in [0.717, 1.165) is 28.8 Å². The molecule has 0 spiro atoms. The molecule has 2 aromatic rings. The van der Waals surface area contributed by atoms with E-state index in [9.17, 15) is 22.8 Å². The molecule has 1 amide bonds. The molecule has 11 heteroatoms. The average molecular weight is 488 g/mol. The summed E-state index contributed by atoms with van der Waals surface area (Å²) in [6.45, 7) is -0.0149. The van der Waals surface area contributed by atoms with Gasteiger partial charge in [-0.25, -0.2) is 0 Å². The normalized spacial score (nSPS) is 15.6. The van der Waals surface area contributed by atoms with Crippen molar-refractivity contribution in [3.05, 3.63) is 63.5 Å². The molecule has 2 aromatic carbocycles. The van der Waals surface area contributed by atoms with Crippen LogP contribution in [-0.4, -0.2) is 27.9 Å². The molecular formula is C20H13ClF3NO4S2. The van der Waals surface area contributed by atoms with Gasteiger partial charge in [0.05, 0.1) is 34.2 Å². The van der Waals surface area contributed by atoms with Gasteiger partial charge in [0.2, 0.25) is 0 Å². The lowest BCUT2D eigenvalue weighted by molar-refractivity contribution is -0.138. The summed E-state index contributed by atoms with van der Waals surface area (Å²) in [6.07, 6.45) is -3.31. The number of carbonyl (C=O) groups is 2. The van der Waals surface area contributed by atoms with E-state index in [1.54, 1.807) is 24.3 Å². The molecule has 1 saturated heterocycles. The summed E-state index contributed by atoms with van der Waals surface area (Å²) >= 11 is 11.8. The van der Waals surface area contributed by atoms with Gasteiger partial charge in [0.25, 0.3) is 5.91 Å². The number of nitrogens with zero attached hydrogens (tertiary/aromatic N) is 1. The Hall–Kier alpha value is -2.56. The van der Waals surface area contributed by atoms with Gasteiger partial charge >= 0.3 is 12.1 Å². The van der Waals surface area contributed by atoms with Crippen LogP contribution >= 0.6 is 35.6 Å². The molecule has 0 aromatic heterocycles. The van der Waals surface area contributed by atoms with Crippen molar-refractivity contribution < 1.29 is 32.6 Å². The molecule has 0 saturated carbocycles. The zero-order valence-electron chi connectivity index (χ0n) is 15.5. The van der Waals surface area contributed by atoms with Gasteiger partial charge in [-0.15, -0.1) is 0 Å². The van der Waals surface area contributed by atoms with Gasteiger partial charge in [-0.1, -0.05) is 47.7 Å². The first-order chi connectivity index (χ1) is 14.6. The van der Waals surface area contributed by atoms with E-state index in [1.165, 1.54) is 12.1 Å². The number of benzene rings is 2. The van der Waals surface area contributed by atoms with Crippen LogP contribution in [0.2, 0.25) is 5.02 Å². The Kier molecular flexibility index (Phi) is 6.93. The van der Waals surface area contributed by atoms with Gasteiger partial charge in [0.15, 0.2) is 4.32 Å². The van der Waals surface area contributed by atoms with Crippen LogP contribution in [-0.2, 0) is 15.8 Å². The monoisotopic (exact) mass is 487 g/mol. The molecule has 1 heterocycles. The fourth-order valence-corrected chi connectivity index (χ4v) is 4.19. The van der Waals surface area contributed by atoms with Crippen molar-refractivity contribution in [2.45, 2.75) is 12.6 Å².